The fraction of sp³-hybridized carbons (Fsp3) is 0.400. The van der Waals surface area contributed by atoms with Crippen LogP contribution in [0.4, 0.5) is 0 Å². The van der Waals surface area contributed by atoms with Gasteiger partial charge in [-0.15, -0.1) is 0 Å². The van der Waals surface area contributed by atoms with Gasteiger partial charge in [0.25, 0.3) is 5.91 Å². The van der Waals surface area contributed by atoms with Gasteiger partial charge in [-0.3, -0.25) is 19.3 Å². The highest BCUT2D eigenvalue weighted by atomic mass is 16.2. The zero-order chi connectivity index (χ0) is 13.4. The molecule has 4 nitrogen and oxygen atoms in total. The van der Waals surface area contributed by atoms with Crippen molar-refractivity contribution < 1.29 is 14.4 Å². The summed E-state index contributed by atoms with van der Waals surface area (Å²) in [5, 5.41) is 0. The number of fused-ring (bicyclic) bond motifs is 1. The third-order valence-corrected chi connectivity index (χ3v) is 3.91. The Morgan fingerprint density at radius 2 is 1.84 bits per heavy atom. The van der Waals surface area contributed by atoms with E-state index in [0.29, 0.717) is 18.4 Å². The maximum Gasteiger partial charge on any atom is 0.261 e. The number of ketones is 1. The van der Waals surface area contributed by atoms with Crippen molar-refractivity contribution in [2.45, 2.75) is 38.1 Å². The molecule has 1 atom stereocenters. The van der Waals surface area contributed by atoms with E-state index >= 15 is 0 Å². The smallest absolute Gasteiger partial charge is 0.261 e. The molecular weight excluding hydrogens is 242 g/mol. The summed E-state index contributed by atoms with van der Waals surface area (Å²) in [7, 11) is 0. The number of hydrogen-bond acceptors (Lipinski definition) is 3. The number of rotatable bonds is 1. The lowest BCUT2D eigenvalue weighted by Gasteiger charge is -2.34. The number of Topliss-reactive ketones (excluding diaryl/α,β-unsaturated/α-hetero) is 1. The Kier molecular flexibility index (Phi) is 2.93. The molecule has 1 aromatic carbocycles. The van der Waals surface area contributed by atoms with Gasteiger partial charge in [0.1, 0.15) is 0 Å². The quantitative estimate of drug-likeness (QED) is 0.720. The average Bonchev–Trinajstić information content (AvgIpc) is 2.41. The summed E-state index contributed by atoms with van der Waals surface area (Å²) in [6.07, 6.45) is 3.06. The number of carbonyl (C=O) groups excluding carboxylic acids is 3. The number of nitrogens with zero attached hydrogens (tertiary/aromatic N) is 1. The minimum atomic E-state index is -0.540. The molecular formula is C15H15NO3. The minimum absolute atomic E-state index is 0.0207. The maximum atomic E-state index is 12.4. The van der Waals surface area contributed by atoms with Crippen LogP contribution in [0.3, 0.4) is 0 Å². The van der Waals surface area contributed by atoms with Gasteiger partial charge in [-0.25, -0.2) is 0 Å². The molecule has 0 radical (unpaired) electrons. The molecule has 1 aliphatic heterocycles. The van der Waals surface area contributed by atoms with Crippen LogP contribution in [0.5, 0.6) is 0 Å². The first-order valence-electron chi connectivity index (χ1n) is 6.65. The molecule has 98 valence electrons. The Morgan fingerprint density at radius 1 is 1.05 bits per heavy atom. The number of imide groups is 1. The van der Waals surface area contributed by atoms with Crippen molar-refractivity contribution in [3.05, 3.63) is 35.4 Å². The van der Waals surface area contributed by atoms with Crippen molar-refractivity contribution in [2.24, 2.45) is 0 Å². The summed E-state index contributed by atoms with van der Waals surface area (Å²) in [6, 6.07) is 6.59. The van der Waals surface area contributed by atoms with Crippen LogP contribution in [-0.4, -0.2) is 28.5 Å². The molecule has 2 aliphatic rings. The molecule has 1 fully saturated rings. The number of benzene rings is 1. The fourth-order valence-corrected chi connectivity index (χ4v) is 2.93. The van der Waals surface area contributed by atoms with E-state index in [9.17, 15) is 14.4 Å². The zero-order valence-electron chi connectivity index (χ0n) is 10.6. The van der Waals surface area contributed by atoms with E-state index in [2.05, 4.69) is 0 Å². The van der Waals surface area contributed by atoms with Crippen LogP contribution in [0.2, 0.25) is 0 Å². The van der Waals surface area contributed by atoms with Crippen molar-refractivity contribution >= 4 is 17.6 Å². The van der Waals surface area contributed by atoms with E-state index in [1.54, 1.807) is 18.2 Å². The Morgan fingerprint density at radius 3 is 2.63 bits per heavy atom. The minimum Gasteiger partial charge on any atom is -0.297 e. The molecule has 4 heteroatoms. The van der Waals surface area contributed by atoms with Gasteiger partial charge in [0.05, 0.1) is 12.5 Å². The van der Waals surface area contributed by atoms with Gasteiger partial charge in [0, 0.05) is 12.0 Å². The molecule has 0 spiro atoms. The van der Waals surface area contributed by atoms with Crippen LogP contribution in [0, 0.1) is 0 Å². The van der Waals surface area contributed by atoms with Crippen molar-refractivity contribution in [1.29, 1.82) is 0 Å². The number of amides is 2. The number of carbonyl (C=O) groups is 3. The van der Waals surface area contributed by atoms with Crippen molar-refractivity contribution in [2.75, 3.05) is 0 Å². The summed E-state index contributed by atoms with van der Waals surface area (Å²) in [4.78, 5) is 37.7. The first-order chi connectivity index (χ1) is 9.18. The summed E-state index contributed by atoms with van der Waals surface area (Å²) < 4.78 is 0. The monoisotopic (exact) mass is 257 g/mol. The van der Waals surface area contributed by atoms with Crippen LogP contribution in [-0.2, 0) is 16.0 Å². The summed E-state index contributed by atoms with van der Waals surface area (Å²) >= 11 is 0. The first-order valence-corrected chi connectivity index (χ1v) is 6.65. The molecule has 1 aromatic rings. The predicted molar refractivity (Wildman–Crippen MR) is 68.6 cm³/mol. The van der Waals surface area contributed by atoms with Crippen LogP contribution in [0.25, 0.3) is 0 Å². The van der Waals surface area contributed by atoms with Crippen molar-refractivity contribution in [3.63, 3.8) is 0 Å². The fourth-order valence-electron chi connectivity index (χ4n) is 2.93. The number of hydrogen-bond donors (Lipinski definition) is 0. The van der Waals surface area contributed by atoms with E-state index < -0.39 is 6.04 Å². The van der Waals surface area contributed by atoms with Gasteiger partial charge in [-0.05, 0) is 24.5 Å². The lowest BCUT2D eigenvalue weighted by atomic mass is 9.89. The van der Waals surface area contributed by atoms with Crippen LogP contribution >= 0.6 is 0 Å². The van der Waals surface area contributed by atoms with Gasteiger partial charge in [-0.2, -0.15) is 0 Å². The van der Waals surface area contributed by atoms with Crippen molar-refractivity contribution in [3.8, 4) is 0 Å². The topological polar surface area (TPSA) is 54.5 Å². The van der Waals surface area contributed by atoms with Gasteiger partial charge in [0.15, 0.2) is 5.78 Å². The van der Waals surface area contributed by atoms with Crippen molar-refractivity contribution in [1.82, 2.24) is 4.90 Å². The molecule has 0 saturated heterocycles. The predicted octanol–water partition coefficient (Wildman–Crippen LogP) is 1.72. The van der Waals surface area contributed by atoms with Gasteiger partial charge in [-0.1, -0.05) is 24.6 Å². The lowest BCUT2D eigenvalue weighted by Crippen LogP contribution is -2.52. The Labute approximate surface area is 111 Å². The normalized spacial score (nSPS) is 23.5. The maximum absolute atomic E-state index is 12.4. The van der Waals surface area contributed by atoms with Gasteiger partial charge < -0.3 is 0 Å². The third kappa shape index (κ3) is 1.97. The van der Waals surface area contributed by atoms with Gasteiger partial charge in [0.2, 0.25) is 5.91 Å². The second kappa shape index (κ2) is 4.61. The van der Waals surface area contributed by atoms with E-state index in [1.165, 1.54) is 4.90 Å². The Balaban J connectivity index is 1.97. The standard InChI is InChI=1S/C15H15NO3/c17-13-8-4-3-7-12(13)16-14(18)9-10-5-1-2-6-11(10)15(16)19/h1-2,5-6,12H,3-4,7-9H2. The van der Waals surface area contributed by atoms with Crippen LogP contribution < -0.4 is 0 Å². The molecule has 1 unspecified atom stereocenters. The Hall–Kier alpha value is -1.97. The van der Waals surface area contributed by atoms with E-state index in [-0.39, 0.29) is 24.0 Å². The molecule has 1 heterocycles. The summed E-state index contributed by atoms with van der Waals surface area (Å²) in [5.74, 6) is -0.539. The lowest BCUT2D eigenvalue weighted by molar-refractivity contribution is -0.137. The zero-order valence-corrected chi connectivity index (χ0v) is 10.6. The third-order valence-electron chi connectivity index (χ3n) is 3.91. The van der Waals surface area contributed by atoms with Gasteiger partial charge >= 0.3 is 0 Å². The molecule has 0 aromatic heterocycles. The van der Waals surface area contributed by atoms with E-state index in [0.717, 1.165) is 18.4 Å². The van der Waals surface area contributed by atoms with E-state index in [1.807, 2.05) is 6.07 Å². The summed E-state index contributed by atoms with van der Waals surface area (Å²) in [5.41, 5.74) is 1.32. The van der Waals surface area contributed by atoms with Crippen LogP contribution in [0.15, 0.2) is 24.3 Å². The first kappa shape index (κ1) is 12.1. The Bertz CT molecular complexity index is 564. The second-order valence-electron chi connectivity index (χ2n) is 5.13. The van der Waals surface area contributed by atoms with Crippen LogP contribution in [0.1, 0.15) is 41.6 Å². The molecule has 19 heavy (non-hydrogen) atoms. The highest BCUT2D eigenvalue weighted by Crippen LogP contribution is 2.26. The largest absolute Gasteiger partial charge is 0.297 e. The second-order valence-corrected chi connectivity index (χ2v) is 5.13. The SMILES string of the molecule is O=C1CCCCC1N1C(=O)Cc2ccccc2C1=O. The molecule has 2 amide bonds. The highest BCUT2D eigenvalue weighted by Gasteiger charge is 2.39. The summed E-state index contributed by atoms with van der Waals surface area (Å²) in [6.45, 7) is 0. The molecule has 0 N–H and O–H groups in total. The van der Waals surface area contributed by atoms with E-state index in [4.69, 9.17) is 0 Å². The molecule has 1 saturated carbocycles. The average molecular weight is 257 g/mol. The molecule has 3 rings (SSSR count). The molecule has 0 bridgehead atoms. The molecule has 1 aliphatic carbocycles. The highest BCUT2D eigenvalue weighted by molar-refractivity contribution is 6.12.